The van der Waals surface area contributed by atoms with Gasteiger partial charge in [0.05, 0.1) is 0 Å². The van der Waals surface area contributed by atoms with Crippen LogP contribution in [0.25, 0.3) is 0 Å². The molecular formula is C22H33N3O2S. The van der Waals surface area contributed by atoms with Gasteiger partial charge in [0.2, 0.25) is 5.91 Å². The van der Waals surface area contributed by atoms with E-state index in [1.807, 2.05) is 47.9 Å². The van der Waals surface area contributed by atoms with Crippen LogP contribution < -0.4 is 5.32 Å². The Bertz CT molecular complexity index is 674. The largest absolute Gasteiger partial charge is 0.341 e. The molecule has 6 heteroatoms. The Hall–Kier alpha value is -1.69. The van der Waals surface area contributed by atoms with Gasteiger partial charge in [-0.2, -0.15) is 11.8 Å². The van der Waals surface area contributed by atoms with Crippen molar-refractivity contribution < 1.29 is 9.59 Å². The molecule has 2 aliphatic rings. The summed E-state index contributed by atoms with van der Waals surface area (Å²) in [5.74, 6) is 1.48. The van der Waals surface area contributed by atoms with Gasteiger partial charge in [0.15, 0.2) is 0 Å². The second-order valence-corrected chi connectivity index (χ2v) is 9.50. The molecule has 0 aromatic heterocycles. The molecule has 3 amide bonds. The van der Waals surface area contributed by atoms with Crippen molar-refractivity contribution in [3.8, 4) is 0 Å². The van der Waals surface area contributed by atoms with Crippen LogP contribution in [0.4, 0.5) is 10.5 Å². The lowest BCUT2D eigenvalue weighted by atomic mass is 9.95. The number of amides is 3. The first-order valence-corrected chi connectivity index (χ1v) is 11.6. The van der Waals surface area contributed by atoms with Crippen molar-refractivity contribution in [1.29, 1.82) is 0 Å². The SMILES string of the molecule is CCSC1CCCCN(C(=O)C2CCN(C(=O)Nc3cccc(C)c3)CC2)C1. The van der Waals surface area contributed by atoms with E-state index in [9.17, 15) is 9.59 Å². The lowest BCUT2D eigenvalue weighted by Gasteiger charge is -2.34. The predicted molar refractivity (Wildman–Crippen MR) is 117 cm³/mol. The Morgan fingerprint density at radius 3 is 2.61 bits per heavy atom. The molecule has 154 valence electrons. The summed E-state index contributed by atoms with van der Waals surface area (Å²) >= 11 is 1.98. The summed E-state index contributed by atoms with van der Waals surface area (Å²) in [6.07, 6.45) is 5.09. The van der Waals surface area contributed by atoms with Crippen LogP contribution in [0.1, 0.15) is 44.6 Å². The van der Waals surface area contributed by atoms with E-state index in [4.69, 9.17) is 0 Å². The van der Waals surface area contributed by atoms with Crippen molar-refractivity contribution in [2.75, 3.05) is 37.2 Å². The van der Waals surface area contributed by atoms with Gasteiger partial charge in [-0.1, -0.05) is 25.5 Å². The third-order valence-corrected chi connectivity index (χ3v) is 6.93. The highest BCUT2D eigenvalue weighted by Crippen LogP contribution is 2.26. The van der Waals surface area contributed by atoms with Gasteiger partial charge in [-0.3, -0.25) is 4.79 Å². The van der Waals surface area contributed by atoms with E-state index in [-0.39, 0.29) is 11.9 Å². The number of thioether (sulfide) groups is 1. The lowest BCUT2D eigenvalue weighted by Crippen LogP contribution is -2.46. The first-order chi connectivity index (χ1) is 13.6. The van der Waals surface area contributed by atoms with E-state index in [1.165, 1.54) is 12.8 Å². The number of piperidine rings is 1. The Labute approximate surface area is 173 Å². The smallest absolute Gasteiger partial charge is 0.321 e. The number of nitrogens with zero attached hydrogens (tertiary/aromatic N) is 2. The van der Waals surface area contributed by atoms with Crippen molar-refractivity contribution >= 4 is 29.4 Å². The molecule has 1 atom stereocenters. The fraction of sp³-hybridized carbons (Fsp3) is 0.636. The van der Waals surface area contributed by atoms with Gasteiger partial charge < -0.3 is 15.1 Å². The highest BCUT2D eigenvalue weighted by molar-refractivity contribution is 7.99. The van der Waals surface area contributed by atoms with E-state index < -0.39 is 0 Å². The quantitative estimate of drug-likeness (QED) is 0.812. The molecular weight excluding hydrogens is 370 g/mol. The number of anilines is 1. The molecule has 2 aliphatic heterocycles. The standard InChI is InChI=1S/C22H33N3O2S/c1-3-28-20-9-4-5-12-25(16-20)21(26)18-10-13-24(14-11-18)22(27)23-19-8-6-7-17(2)15-19/h6-8,15,18,20H,3-5,9-14,16H2,1-2H3,(H,23,27). The zero-order valence-electron chi connectivity index (χ0n) is 17.2. The zero-order chi connectivity index (χ0) is 19.9. The third-order valence-electron chi connectivity index (χ3n) is 5.74. The van der Waals surface area contributed by atoms with Crippen molar-refractivity contribution in [2.45, 2.75) is 51.2 Å². The molecule has 0 aliphatic carbocycles. The number of likely N-dealkylation sites (tertiary alicyclic amines) is 2. The van der Waals surface area contributed by atoms with Crippen molar-refractivity contribution in [3.05, 3.63) is 29.8 Å². The molecule has 1 aromatic rings. The number of carbonyl (C=O) groups excluding carboxylic acids is 2. The molecule has 2 heterocycles. The fourth-order valence-corrected chi connectivity index (χ4v) is 5.28. The molecule has 1 unspecified atom stereocenters. The molecule has 0 radical (unpaired) electrons. The maximum Gasteiger partial charge on any atom is 0.321 e. The average Bonchev–Trinajstić information content (AvgIpc) is 2.93. The maximum absolute atomic E-state index is 13.1. The van der Waals surface area contributed by atoms with E-state index in [2.05, 4.69) is 17.1 Å². The van der Waals surface area contributed by atoms with Crippen LogP contribution >= 0.6 is 11.8 Å². The van der Waals surface area contributed by atoms with E-state index in [0.29, 0.717) is 24.2 Å². The van der Waals surface area contributed by atoms with Gasteiger partial charge in [0, 0.05) is 43.0 Å². The molecule has 1 N–H and O–H groups in total. The summed E-state index contributed by atoms with van der Waals surface area (Å²) in [6, 6.07) is 7.77. The van der Waals surface area contributed by atoms with Gasteiger partial charge in [-0.05, 0) is 56.1 Å². The van der Waals surface area contributed by atoms with E-state index in [1.54, 1.807) is 0 Å². The second-order valence-electron chi connectivity index (χ2n) is 7.92. The summed E-state index contributed by atoms with van der Waals surface area (Å²) in [6.45, 7) is 7.29. The summed E-state index contributed by atoms with van der Waals surface area (Å²) in [5.41, 5.74) is 1.95. The third kappa shape index (κ3) is 5.66. The zero-order valence-corrected chi connectivity index (χ0v) is 18.0. The van der Waals surface area contributed by atoms with Crippen LogP contribution in [0.2, 0.25) is 0 Å². The first kappa shape index (κ1) is 21.0. The van der Waals surface area contributed by atoms with Crippen LogP contribution in [0.5, 0.6) is 0 Å². The number of carbonyl (C=O) groups is 2. The molecule has 5 nitrogen and oxygen atoms in total. The summed E-state index contributed by atoms with van der Waals surface area (Å²) in [5, 5.41) is 3.56. The van der Waals surface area contributed by atoms with E-state index in [0.717, 1.165) is 49.4 Å². The van der Waals surface area contributed by atoms with Crippen molar-refractivity contribution in [3.63, 3.8) is 0 Å². The summed E-state index contributed by atoms with van der Waals surface area (Å²) < 4.78 is 0. The van der Waals surface area contributed by atoms with Gasteiger partial charge in [-0.25, -0.2) is 4.79 Å². The monoisotopic (exact) mass is 403 g/mol. The van der Waals surface area contributed by atoms with Crippen LogP contribution in [0.15, 0.2) is 24.3 Å². The Balaban J connectivity index is 1.50. The number of rotatable bonds is 4. The molecule has 28 heavy (non-hydrogen) atoms. The molecule has 1 aromatic carbocycles. The molecule has 0 bridgehead atoms. The minimum absolute atomic E-state index is 0.0633. The second kappa shape index (κ2) is 10.2. The fourth-order valence-electron chi connectivity index (χ4n) is 4.19. The Morgan fingerprint density at radius 1 is 1.11 bits per heavy atom. The normalized spacial score (nSPS) is 21.3. The number of aryl methyl sites for hydroxylation is 1. The van der Waals surface area contributed by atoms with Gasteiger partial charge >= 0.3 is 6.03 Å². The predicted octanol–water partition coefficient (Wildman–Crippen LogP) is 4.37. The topological polar surface area (TPSA) is 52.7 Å². The van der Waals surface area contributed by atoms with Crippen molar-refractivity contribution in [1.82, 2.24) is 9.80 Å². The first-order valence-electron chi connectivity index (χ1n) is 10.6. The molecule has 2 saturated heterocycles. The van der Waals surface area contributed by atoms with E-state index >= 15 is 0 Å². The van der Waals surface area contributed by atoms with Crippen LogP contribution in [0.3, 0.4) is 0 Å². The Morgan fingerprint density at radius 2 is 1.89 bits per heavy atom. The van der Waals surface area contributed by atoms with Crippen molar-refractivity contribution in [2.24, 2.45) is 5.92 Å². The minimum atomic E-state index is -0.0642. The highest BCUT2D eigenvalue weighted by atomic mass is 32.2. The number of benzene rings is 1. The minimum Gasteiger partial charge on any atom is -0.341 e. The maximum atomic E-state index is 13.1. The number of hydrogen-bond donors (Lipinski definition) is 1. The highest BCUT2D eigenvalue weighted by Gasteiger charge is 2.31. The number of nitrogens with one attached hydrogen (secondary N) is 1. The lowest BCUT2D eigenvalue weighted by molar-refractivity contribution is -0.136. The molecule has 0 spiro atoms. The summed E-state index contributed by atoms with van der Waals surface area (Å²) in [7, 11) is 0. The van der Waals surface area contributed by atoms with Gasteiger partial charge in [-0.15, -0.1) is 0 Å². The molecule has 2 fully saturated rings. The number of urea groups is 1. The van der Waals surface area contributed by atoms with Crippen LogP contribution in [-0.2, 0) is 4.79 Å². The van der Waals surface area contributed by atoms with Gasteiger partial charge in [0.25, 0.3) is 0 Å². The Kier molecular flexibility index (Phi) is 7.65. The molecule has 0 saturated carbocycles. The molecule has 3 rings (SSSR count). The average molecular weight is 404 g/mol. The van der Waals surface area contributed by atoms with Crippen LogP contribution in [0, 0.1) is 12.8 Å². The van der Waals surface area contributed by atoms with Gasteiger partial charge in [0.1, 0.15) is 0 Å². The number of hydrogen-bond acceptors (Lipinski definition) is 3. The van der Waals surface area contributed by atoms with Crippen LogP contribution in [-0.4, -0.2) is 58.9 Å². The summed E-state index contributed by atoms with van der Waals surface area (Å²) in [4.78, 5) is 29.5.